The summed E-state index contributed by atoms with van der Waals surface area (Å²) in [6.07, 6.45) is 8.22. The van der Waals surface area contributed by atoms with Gasteiger partial charge in [-0.3, -0.25) is 5.10 Å². The summed E-state index contributed by atoms with van der Waals surface area (Å²) < 4.78 is 15.5. The molecule has 1 aliphatic carbocycles. The van der Waals surface area contributed by atoms with Crippen molar-refractivity contribution in [1.82, 2.24) is 19.8 Å². The molecule has 1 aliphatic rings. The predicted molar refractivity (Wildman–Crippen MR) is 129 cm³/mol. The molecule has 10 heteroatoms. The van der Waals surface area contributed by atoms with Gasteiger partial charge in [-0.15, -0.1) is 0 Å². The molecule has 0 radical (unpaired) electrons. The van der Waals surface area contributed by atoms with E-state index in [1.165, 1.54) is 18.2 Å². The zero-order chi connectivity index (χ0) is 23.1. The summed E-state index contributed by atoms with van der Waals surface area (Å²) in [6.45, 7) is 1.94. The lowest BCUT2D eigenvalue weighted by atomic mass is 10.1. The van der Waals surface area contributed by atoms with Crippen molar-refractivity contribution >= 4 is 34.3 Å². The van der Waals surface area contributed by atoms with Crippen LogP contribution in [0.4, 0.5) is 15.8 Å². The average molecular weight is 467 g/mol. The number of benzene rings is 1. The molecule has 4 aromatic rings. The number of rotatable bonds is 5. The Hall–Kier alpha value is -3.43. The number of hydrogen-bond acceptors (Lipinski definition) is 5. The normalized spacial score (nSPS) is 18.8. The molecular formula is C23H24ClFN8. The first-order valence-corrected chi connectivity index (χ1v) is 11.1. The van der Waals surface area contributed by atoms with Crippen LogP contribution in [-0.2, 0) is 0 Å². The maximum absolute atomic E-state index is 13.7. The fourth-order valence-corrected chi connectivity index (χ4v) is 4.47. The highest BCUT2D eigenvalue weighted by Gasteiger charge is 2.24. The minimum Gasteiger partial charge on any atom is -0.383 e. The summed E-state index contributed by atoms with van der Waals surface area (Å²) in [6, 6.07) is 6.38. The Kier molecular flexibility index (Phi) is 5.51. The Morgan fingerprint density at radius 3 is 2.91 bits per heavy atom. The van der Waals surface area contributed by atoms with E-state index in [1.807, 2.05) is 25.4 Å². The van der Waals surface area contributed by atoms with Gasteiger partial charge in [0.15, 0.2) is 0 Å². The molecule has 0 unspecified atom stereocenters. The molecule has 1 fully saturated rings. The van der Waals surface area contributed by atoms with E-state index in [4.69, 9.17) is 23.1 Å². The molecule has 0 spiro atoms. The van der Waals surface area contributed by atoms with Crippen LogP contribution in [0.15, 0.2) is 47.8 Å². The minimum absolute atomic E-state index is 0.164. The summed E-state index contributed by atoms with van der Waals surface area (Å²) in [5.74, 6) is -0.255. The molecule has 0 aliphatic heterocycles. The largest absolute Gasteiger partial charge is 0.383 e. The fraction of sp³-hybridized carbons (Fsp3) is 0.261. The van der Waals surface area contributed by atoms with Gasteiger partial charge in [-0.2, -0.15) is 10.2 Å². The van der Waals surface area contributed by atoms with Crippen LogP contribution < -0.4 is 16.8 Å². The van der Waals surface area contributed by atoms with E-state index in [1.54, 1.807) is 10.7 Å². The SMILES string of the molecule is Cc1n[nH]cc1-c1cc2c(N[C@H]3CC[C@@H](N)C3)c(C(N)=Nc3cc(F)ccc3Cl)cnn2c1. The molecule has 33 heavy (non-hydrogen) atoms. The van der Waals surface area contributed by atoms with Crippen LogP contribution >= 0.6 is 11.6 Å². The Morgan fingerprint density at radius 1 is 1.33 bits per heavy atom. The molecule has 0 bridgehead atoms. The van der Waals surface area contributed by atoms with E-state index in [2.05, 4.69) is 25.6 Å². The second kappa shape index (κ2) is 8.49. The third-order valence-electron chi connectivity index (χ3n) is 6.03. The molecule has 3 aromatic heterocycles. The number of fused-ring (bicyclic) bond motifs is 1. The Bertz CT molecular complexity index is 1360. The number of aryl methyl sites for hydroxylation is 1. The van der Waals surface area contributed by atoms with Gasteiger partial charge in [-0.05, 0) is 44.4 Å². The van der Waals surface area contributed by atoms with Gasteiger partial charge in [0.05, 0.1) is 39.4 Å². The Morgan fingerprint density at radius 2 is 2.18 bits per heavy atom. The van der Waals surface area contributed by atoms with Crippen molar-refractivity contribution in [2.45, 2.75) is 38.3 Å². The van der Waals surface area contributed by atoms with E-state index in [0.717, 1.165) is 47.3 Å². The van der Waals surface area contributed by atoms with Gasteiger partial charge in [0.2, 0.25) is 0 Å². The number of aromatic nitrogens is 4. The van der Waals surface area contributed by atoms with Crippen LogP contribution in [0, 0.1) is 12.7 Å². The van der Waals surface area contributed by atoms with Gasteiger partial charge >= 0.3 is 0 Å². The van der Waals surface area contributed by atoms with E-state index in [0.29, 0.717) is 10.6 Å². The van der Waals surface area contributed by atoms with Gasteiger partial charge in [0.25, 0.3) is 0 Å². The zero-order valence-corrected chi connectivity index (χ0v) is 18.8. The third kappa shape index (κ3) is 4.17. The highest BCUT2D eigenvalue weighted by atomic mass is 35.5. The van der Waals surface area contributed by atoms with Crippen molar-refractivity contribution in [3.8, 4) is 11.1 Å². The minimum atomic E-state index is -0.440. The standard InChI is InChI=1S/C23H24ClFN8/c1-12-17(9-28-32-12)13-6-21-22(30-16-4-3-15(26)8-16)18(10-29-33(21)11-13)23(27)31-20-7-14(25)2-5-19(20)24/h2,5-7,9-11,15-16,30H,3-4,8,26H2,1H3,(H2,27,31)(H,28,32)/t15-,16+/m1/s1. The molecule has 2 atom stereocenters. The molecule has 6 N–H and O–H groups in total. The number of halogens is 2. The van der Waals surface area contributed by atoms with Crippen molar-refractivity contribution in [3.63, 3.8) is 0 Å². The zero-order valence-electron chi connectivity index (χ0n) is 18.0. The van der Waals surface area contributed by atoms with Crippen LogP contribution in [0.1, 0.15) is 30.5 Å². The van der Waals surface area contributed by atoms with Gasteiger partial charge in [-0.25, -0.2) is 13.9 Å². The second-order valence-electron chi connectivity index (χ2n) is 8.38. The summed E-state index contributed by atoms with van der Waals surface area (Å²) in [5.41, 5.74) is 17.9. The van der Waals surface area contributed by atoms with Crippen molar-refractivity contribution in [2.75, 3.05) is 5.32 Å². The molecule has 1 saturated carbocycles. The number of aliphatic imine (C=N–C) groups is 1. The van der Waals surface area contributed by atoms with Crippen molar-refractivity contribution in [2.24, 2.45) is 16.5 Å². The molecule has 0 saturated heterocycles. The van der Waals surface area contributed by atoms with Crippen LogP contribution in [0.2, 0.25) is 5.02 Å². The first-order chi connectivity index (χ1) is 15.9. The van der Waals surface area contributed by atoms with E-state index < -0.39 is 5.82 Å². The van der Waals surface area contributed by atoms with E-state index in [9.17, 15) is 4.39 Å². The maximum Gasteiger partial charge on any atom is 0.135 e. The second-order valence-corrected chi connectivity index (χ2v) is 8.79. The lowest BCUT2D eigenvalue weighted by molar-refractivity contribution is 0.628. The lowest BCUT2D eigenvalue weighted by Crippen LogP contribution is -2.24. The summed E-state index contributed by atoms with van der Waals surface area (Å²) in [4.78, 5) is 4.41. The third-order valence-corrected chi connectivity index (χ3v) is 6.35. The summed E-state index contributed by atoms with van der Waals surface area (Å²) >= 11 is 6.20. The number of H-pyrrole nitrogens is 1. The molecule has 170 valence electrons. The van der Waals surface area contributed by atoms with E-state index >= 15 is 0 Å². The maximum atomic E-state index is 13.7. The molecule has 8 nitrogen and oxygen atoms in total. The van der Waals surface area contributed by atoms with Gasteiger partial charge in [0, 0.05) is 41.7 Å². The monoisotopic (exact) mass is 466 g/mol. The molecular weight excluding hydrogens is 443 g/mol. The summed E-state index contributed by atoms with van der Waals surface area (Å²) in [5, 5.41) is 15.6. The smallest absolute Gasteiger partial charge is 0.135 e. The van der Waals surface area contributed by atoms with Crippen LogP contribution in [-0.4, -0.2) is 37.7 Å². The highest BCUT2D eigenvalue weighted by Crippen LogP contribution is 2.33. The Labute approximate surface area is 194 Å². The van der Waals surface area contributed by atoms with Crippen molar-refractivity contribution < 1.29 is 4.39 Å². The number of anilines is 1. The van der Waals surface area contributed by atoms with Gasteiger partial charge in [0.1, 0.15) is 11.7 Å². The predicted octanol–water partition coefficient (Wildman–Crippen LogP) is 4.15. The highest BCUT2D eigenvalue weighted by molar-refractivity contribution is 6.33. The lowest BCUT2D eigenvalue weighted by Gasteiger charge is -2.18. The van der Waals surface area contributed by atoms with E-state index in [-0.39, 0.29) is 23.6 Å². The topological polar surface area (TPSA) is 122 Å². The van der Waals surface area contributed by atoms with Crippen molar-refractivity contribution in [1.29, 1.82) is 0 Å². The number of nitrogens with two attached hydrogens (primary N) is 2. The molecule has 1 aromatic carbocycles. The number of amidine groups is 1. The van der Waals surface area contributed by atoms with Crippen LogP contribution in [0.25, 0.3) is 16.6 Å². The number of hydrogen-bond donors (Lipinski definition) is 4. The summed E-state index contributed by atoms with van der Waals surface area (Å²) in [7, 11) is 0. The first kappa shape index (κ1) is 21.4. The first-order valence-electron chi connectivity index (χ1n) is 10.7. The van der Waals surface area contributed by atoms with Crippen molar-refractivity contribution in [3.05, 3.63) is 65.0 Å². The number of nitrogens with one attached hydrogen (secondary N) is 2. The van der Waals surface area contributed by atoms with Crippen LogP contribution in [0.3, 0.4) is 0 Å². The molecule has 5 rings (SSSR count). The number of nitrogens with zero attached hydrogens (tertiary/aromatic N) is 4. The Balaban J connectivity index is 1.64. The van der Waals surface area contributed by atoms with Gasteiger partial charge in [-0.1, -0.05) is 11.6 Å². The van der Waals surface area contributed by atoms with Gasteiger partial charge < -0.3 is 16.8 Å². The average Bonchev–Trinajstić information content (AvgIpc) is 3.50. The molecule has 3 heterocycles. The van der Waals surface area contributed by atoms with Crippen LogP contribution in [0.5, 0.6) is 0 Å². The number of aromatic amines is 1. The molecule has 0 amide bonds. The fourth-order valence-electron chi connectivity index (χ4n) is 4.31. The quantitative estimate of drug-likeness (QED) is 0.260.